The van der Waals surface area contributed by atoms with Crippen LogP contribution in [0, 0.1) is 20.8 Å². The number of hydrogen-bond acceptors (Lipinski definition) is 1. The average Bonchev–Trinajstić information content (AvgIpc) is 2.40. The van der Waals surface area contributed by atoms with Crippen LogP contribution in [0.5, 0.6) is 0 Å². The van der Waals surface area contributed by atoms with Gasteiger partial charge >= 0.3 is 12.4 Å². The normalized spacial score (nSPS) is 12.4. The minimum atomic E-state index is -4.76. The van der Waals surface area contributed by atoms with Crippen LogP contribution < -0.4 is 5.32 Å². The minimum absolute atomic E-state index is 0.366. The number of benzene rings is 2. The molecule has 0 aliphatic carbocycles. The van der Waals surface area contributed by atoms with Crippen molar-refractivity contribution in [2.24, 2.45) is 0 Å². The molecular formula is C17H15F6N. The lowest BCUT2D eigenvalue weighted by Gasteiger charge is -2.19. The lowest BCUT2D eigenvalue weighted by molar-refractivity contribution is -0.140. The fraction of sp³-hybridized carbons (Fsp3) is 0.294. The Hall–Kier alpha value is -2.18. The quantitative estimate of drug-likeness (QED) is 0.621. The molecule has 2 aromatic carbocycles. The van der Waals surface area contributed by atoms with Gasteiger partial charge in [0.05, 0.1) is 16.8 Å². The molecule has 7 heteroatoms. The van der Waals surface area contributed by atoms with Gasteiger partial charge < -0.3 is 5.32 Å². The molecule has 0 saturated carbocycles. The van der Waals surface area contributed by atoms with Gasteiger partial charge in [0.1, 0.15) is 0 Å². The number of alkyl halides is 6. The second-order valence-corrected chi connectivity index (χ2v) is 5.65. The molecule has 130 valence electrons. The molecule has 0 saturated heterocycles. The van der Waals surface area contributed by atoms with Crippen LogP contribution in [0.1, 0.15) is 27.8 Å². The van der Waals surface area contributed by atoms with Crippen LogP contribution in [0.2, 0.25) is 0 Å². The summed E-state index contributed by atoms with van der Waals surface area (Å²) in [5, 5.41) is 2.54. The smallest absolute Gasteiger partial charge is 0.355 e. The van der Waals surface area contributed by atoms with Gasteiger partial charge in [-0.2, -0.15) is 26.3 Å². The molecule has 0 atom stereocenters. The zero-order valence-corrected chi connectivity index (χ0v) is 13.2. The van der Waals surface area contributed by atoms with Crippen molar-refractivity contribution in [3.63, 3.8) is 0 Å². The number of rotatable bonds is 2. The number of hydrogen-bond donors (Lipinski definition) is 1. The van der Waals surface area contributed by atoms with E-state index >= 15 is 0 Å². The van der Waals surface area contributed by atoms with Crippen LogP contribution in [0.4, 0.5) is 37.7 Å². The third kappa shape index (κ3) is 3.83. The maximum Gasteiger partial charge on any atom is 0.418 e. The van der Waals surface area contributed by atoms with E-state index in [2.05, 4.69) is 5.32 Å². The Morgan fingerprint density at radius 2 is 1.29 bits per heavy atom. The molecule has 0 heterocycles. The lowest BCUT2D eigenvalue weighted by Crippen LogP contribution is -2.12. The van der Waals surface area contributed by atoms with Gasteiger partial charge in [-0.1, -0.05) is 17.7 Å². The van der Waals surface area contributed by atoms with E-state index in [1.165, 1.54) is 0 Å². The Kier molecular flexibility index (Phi) is 4.57. The molecule has 2 rings (SSSR count). The molecule has 0 unspecified atom stereocenters. The number of anilines is 2. The van der Waals surface area contributed by atoms with Crippen LogP contribution in [0.3, 0.4) is 0 Å². The van der Waals surface area contributed by atoms with Crippen LogP contribution in [-0.4, -0.2) is 0 Å². The fourth-order valence-corrected chi connectivity index (χ4v) is 2.58. The minimum Gasteiger partial charge on any atom is -0.355 e. The van der Waals surface area contributed by atoms with E-state index in [0.717, 1.165) is 5.56 Å². The molecule has 2 aromatic rings. The van der Waals surface area contributed by atoms with Gasteiger partial charge in [0, 0.05) is 5.69 Å². The Morgan fingerprint density at radius 1 is 0.750 bits per heavy atom. The lowest BCUT2D eigenvalue weighted by atomic mass is 10.0. The van der Waals surface area contributed by atoms with Crippen LogP contribution in [0.25, 0.3) is 0 Å². The number of aryl methyl sites for hydroxylation is 3. The van der Waals surface area contributed by atoms with Gasteiger partial charge in [0.2, 0.25) is 0 Å². The topological polar surface area (TPSA) is 12.0 Å². The predicted molar refractivity (Wildman–Crippen MR) is 80.4 cm³/mol. The Labute approximate surface area is 135 Å². The van der Waals surface area contributed by atoms with Crippen molar-refractivity contribution in [3.8, 4) is 0 Å². The molecule has 0 bridgehead atoms. The summed E-state index contributed by atoms with van der Waals surface area (Å²) in [5.74, 6) is 0. The van der Waals surface area contributed by atoms with Gasteiger partial charge in [-0.05, 0) is 50.1 Å². The SMILES string of the molecule is Cc1cc(C)c(Nc2cc(C(F)(F)F)ccc2C(F)(F)F)c(C)c1. The van der Waals surface area contributed by atoms with E-state index in [-0.39, 0.29) is 0 Å². The average molecular weight is 347 g/mol. The van der Waals surface area contributed by atoms with Crippen LogP contribution >= 0.6 is 0 Å². The summed E-state index contributed by atoms with van der Waals surface area (Å²) in [7, 11) is 0. The summed E-state index contributed by atoms with van der Waals surface area (Å²) in [5.41, 5.74) is -0.320. The van der Waals surface area contributed by atoms with E-state index < -0.39 is 29.2 Å². The summed E-state index contributed by atoms with van der Waals surface area (Å²) < 4.78 is 77.9. The van der Waals surface area contributed by atoms with Crippen molar-refractivity contribution < 1.29 is 26.3 Å². The maximum atomic E-state index is 13.1. The van der Waals surface area contributed by atoms with Gasteiger partial charge in [0.15, 0.2) is 0 Å². The maximum absolute atomic E-state index is 13.1. The summed E-state index contributed by atoms with van der Waals surface area (Å²) in [6, 6.07) is 4.86. The molecule has 0 amide bonds. The largest absolute Gasteiger partial charge is 0.418 e. The van der Waals surface area contributed by atoms with E-state index in [9.17, 15) is 26.3 Å². The summed E-state index contributed by atoms with van der Waals surface area (Å²) in [6.45, 7) is 5.20. The van der Waals surface area contributed by atoms with Gasteiger partial charge in [-0.3, -0.25) is 0 Å². The van der Waals surface area contributed by atoms with Gasteiger partial charge in [-0.15, -0.1) is 0 Å². The zero-order chi connectivity index (χ0) is 18.3. The fourth-order valence-electron chi connectivity index (χ4n) is 2.58. The molecule has 0 aliphatic rings. The van der Waals surface area contributed by atoms with E-state index in [1.807, 2.05) is 6.92 Å². The Morgan fingerprint density at radius 3 is 1.75 bits per heavy atom. The standard InChI is InChI=1S/C17H15F6N/c1-9-6-10(2)15(11(3)7-9)24-14-8-12(16(18,19)20)4-5-13(14)17(21,22)23/h4-8,24H,1-3H3. The van der Waals surface area contributed by atoms with Gasteiger partial charge in [0.25, 0.3) is 0 Å². The zero-order valence-electron chi connectivity index (χ0n) is 13.2. The second-order valence-electron chi connectivity index (χ2n) is 5.65. The first-order chi connectivity index (χ1) is 10.9. The Balaban J connectivity index is 2.59. The van der Waals surface area contributed by atoms with Crippen molar-refractivity contribution >= 4 is 11.4 Å². The van der Waals surface area contributed by atoms with Crippen molar-refractivity contribution in [1.82, 2.24) is 0 Å². The van der Waals surface area contributed by atoms with Gasteiger partial charge in [-0.25, -0.2) is 0 Å². The number of halogens is 6. The molecule has 0 radical (unpaired) electrons. The van der Waals surface area contributed by atoms with Crippen molar-refractivity contribution in [3.05, 3.63) is 58.1 Å². The summed E-state index contributed by atoms with van der Waals surface area (Å²) in [6.07, 6.45) is -9.49. The molecule has 0 spiro atoms. The highest BCUT2D eigenvalue weighted by Gasteiger charge is 2.37. The summed E-state index contributed by atoms with van der Waals surface area (Å²) in [4.78, 5) is 0. The van der Waals surface area contributed by atoms with Crippen LogP contribution in [0.15, 0.2) is 30.3 Å². The molecule has 1 N–H and O–H groups in total. The Bertz CT molecular complexity index is 736. The van der Waals surface area contributed by atoms with Crippen molar-refractivity contribution in [2.45, 2.75) is 33.1 Å². The molecule has 0 aromatic heterocycles. The second kappa shape index (κ2) is 6.03. The predicted octanol–water partition coefficient (Wildman–Crippen LogP) is 6.39. The highest BCUT2D eigenvalue weighted by Crippen LogP contribution is 2.40. The van der Waals surface area contributed by atoms with E-state index in [0.29, 0.717) is 35.0 Å². The molecular weight excluding hydrogens is 332 g/mol. The third-order valence-corrected chi connectivity index (χ3v) is 3.59. The first-order valence-electron chi connectivity index (χ1n) is 7.03. The first-order valence-corrected chi connectivity index (χ1v) is 7.03. The molecule has 1 nitrogen and oxygen atoms in total. The molecule has 0 fully saturated rings. The molecule has 24 heavy (non-hydrogen) atoms. The number of nitrogens with one attached hydrogen (secondary N) is 1. The highest BCUT2D eigenvalue weighted by atomic mass is 19.4. The van der Waals surface area contributed by atoms with E-state index in [1.54, 1.807) is 26.0 Å². The van der Waals surface area contributed by atoms with Crippen molar-refractivity contribution in [2.75, 3.05) is 5.32 Å². The van der Waals surface area contributed by atoms with E-state index in [4.69, 9.17) is 0 Å². The third-order valence-electron chi connectivity index (χ3n) is 3.59. The van der Waals surface area contributed by atoms with Crippen molar-refractivity contribution in [1.29, 1.82) is 0 Å². The van der Waals surface area contributed by atoms with Crippen LogP contribution in [-0.2, 0) is 12.4 Å². The monoisotopic (exact) mass is 347 g/mol. The summed E-state index contributed by atoms with van der Waals surface area (Å²) >= 11 is 0. The highest BCUT2D eigenvalue weighted by molar-refractivity contribution is 5.70. The first kappa shape index (κ1) is 18.2. The molecule has 0 aliphatic heterocycles.